The van der Waals surface area contributed by atoms with Crippen molar-refractivity contribution in [3.8, 4) is 11.3 Å². The van der Waals surface area contributed by atoms with Gasteiger partial charge in [-0.2, -0.15) is 0 Å². The van der Waals surface area contributed by atoms with Crippen LogP contribution in [-0.2, 0) is 16.1 Å². The number of imidazole rings is 1. The number of nitrogens with zero attached hydrogens (tertiary/aromatic N) is 2. The van der Waals surface area contributed by atoms with E-state index in [4.69, 9.17) is 9.47 Å². The Morgan fingerprint density at radius 2 is 1.88 bits per heavy atom. The molecule has 7 nitrogen and oxygen atoms in total. The standard InChI is InChI=1S/C25H27N3O4.CH3Cl/c1-5-18(13-22(32-4)17(2)31-3)14-26-25(30)20-11-12-23-27-24(19-9-7-6-8-10-19)21(16-29)28(23)15-20;1-2/h5-13,15,29H,1,14,16H2,2-4H3,(H,26,30);1H3/b18-13+,22-17-;. The van der Waals surface area contributed by atoms with E-state index in [-0.39, 0.29) is 19.1 Å². The van der Waals surface area contributed by atoms with Gasteiger partial charge in [0.15, 0.2) is 5.76 Å². The van der Waals surface area contributed by atoms with Crippen molar-refractivity contribution in [3.63, 3.8) is 0 Å². The molecule has 0 aliphatic carbocycles. The molecule has 0 atom stereocenters. The highest BCUT2D eigenvalue weighted by Crippen LogP contribution is 2.25. The number of carbonyl (C=O) groups excluding carboxylic acids is 1. The zero-order valence-corrected chi connectivity index (χ0v) is 20.6. The molecule has 3 rings (SSSR count). The topological polar surface area (TPSA) is 85.1 Å². The minimum absolute atomic E-state index is 0.204. The van der Waals surface area contributed by atoms with Crippen molar-refractivity contribution in [2.24, 2.45) is 0 Å². The van der Waals surface area contributed by atoms with Gasteiger partial charge in [-0.1, -0.05) is 43.0 Å². The Balaban J connectivity index is 0.00000199. The summed E-state index contributed by atoms with van der Waals surface area (Å²) >= 11 is 4.64. The number of allylic oxidation sites excluding steroid dienone is 2. The van der Waals surface area contributed by atoms with Crippen LogP contribution in [0, 0.1) is 0 Å². The lowest BCUT2D eigenvalue weighted by Gasteiger charge is -2.10. The van der Waals surface area contributed by atoms with Crippen molar-refractivity contribution in [2.75, 3.05) is 27.1 Å². The first-order valence-electron chi connectivity index (χ1n) is 10.5. The van der Waals surface area contributed by atoms with E-state index in [1.165, 1.54) is 6.38 Å². The molecular formula is C26H30ClN3O4. The number of aromatic nitrogens is 2. The lowest BCUT2D eigenvalue weighted by molar-refractivity contribution is 0.0956. The summed E-state index contributed by atoms with van der Waals surface area (Å²) in [5.41, 5.74) is 4.08. The van der Waals surface area contributed by atoms with Gasteiger partial charge in [-0.25, -0.2) is 4.98 Å². The number of pyridine rings is 1. The first-order valence-corrected chi connectivity index (χ1v) is 11.2. The molecule has 8 heteroatoms. The number of hydrogen-bond acceptors (Lipinski definition) is 5. The fourth-order valence-corrected chi connectivity index (χ4v) is 3.25. The Labute approximate surface area is 205 Å². The summed E-state index contributed by atoms with van der Waals surface area (Å²) in [7, 11) is 3.12. The van der Waals surface area contributed by atoms with Crippen LogP contribution in [0.3, 0.4) is 0 Å². The van der Waals surface area contributed by atoms with Crippen LogP contribution in [0.4, 0.5) is 0 Å². The molecule has 3 aromatic rings. The van der Waals surface area contributed by atoms with Gasteiger partial charge >= 0.3 is 0 Å². The number of carbonyl (C=O) groups is 1. The fourth-order valence-electron chi connectivity index (χ4n) is 3.25. The minimum Gasteiger partial charge on any atom is -0.498 e. The number of hydrogen-bond donors (Lipinski definition) is 2. The van der Waals surface area contributed by atoms with Crippen LogP contribution in [0.5, 0.6) is 0 Å². The van der Waals surface area contributed by atoms with Gasteiger partial charge in [-0.05, 0) is 30.7 Å². The second kappa shape index (κ2) is 13.2. The summed E-state index contributed by atoms with van der Waals surface area (Å²) < 4.78 is 12.3. The third-order valence-corrected chi connectivity index (χ3v) is 5.08. The lowest BCUT2D eigenvalue weighted by Crippen LogP contribution is -2.25. The van der Waals surface area contributed by atoms with Crippen LogP contribution in [0.25, 0.3) is 16.9 Å². The van der Waals surface area contributed by atoms with Gasteiger partial charge in [0.05, 0.1) is 37.8 Å². The van der Waals surface area contributed by atoms with Crippen LogP contribution >= 0.6 is 11.6 Å². The van der Waals surface area contributed by atoms with Gasteiger partial charge in [-0.15, -0.1) is 11.6 Å². The van der Waals surface area contributed by atoms with Crippen molar-refractivity contribution in [3.05, 3.63) is 95.7 Å². The molecule has 2 N–H and O–H groups in total. The smallest absolute Gasteiger partial charge is 0.253 e. The molecular weight excluding hydrogens is 454 g/mol. The molecule has 0 unspecified atom stereocenters. The molecule has 0 bridgehead atoms. The number of aliphatic hydroxyl groups is 1. The number of fused-ring (bicyclic) bond motifs is 1. The predicted molar refractivity (Wildman–Crippen MR) is 136 cm³/mol. The molecule has 34 heavy (non-hydrogen) atoms. The van der Waals surface area contributed by atoms with Gasteiger partial charge in [0, 0.05) is 24.7 Å². The summed E-state index contributed by atoms with van der Waals surface area (Å²) in [6, 6.07) is 13.1. The SMILES string of the molecule is C=C/C(=C\C(OC)=C(/C)OC)CNC(=O)c1ccc2nc(-c3ccccc3)c(CO)n2c1.CCl. The molecule has 1 aromatic carbocycles. The minimum atomic E-state index is -0.259. The maximum Gasteiger partial charge on any atom is 0.253 e. The Kier molecular flexibility index (Phi) is 10.4. The first-order chi connectivity index (χ1) is 16.5. The highest BCUT2D eigenvalue weighted by molar-refractivity contribution is 6.15. The highest BCUT2D eigenvalue weighted by Gasteiger charge is 2.15. The maximum absolute atomic E-state index is 12.8. The van der Waals surface area contributed by atoms with Gasteiger partial charge in [0.2, 0.25) is 0 Å². The van der Waals surface area contributed by atoms with E-state index in [1.807, 2.05) is 30.3 Å². The van der Waals surface area contributed by atoms with Gasteiger partial charge in [-0.3, -0.25) is 4.79 Å². The number of aliphatic hydroxyl groups excluding tert-OH is 1. The average Bonchev–Trinajstić information content (AvgIpc) is 3.27. The largest absolute Gasteiger partial charge is 0.498 e. The number of alkyl halides is 1. The van der Waals surface area contributed by atoms with E-state index in [1.54, 1.807) is 56.0 Å². The van der Waals surface area contributed by atoms with E-state index in [0.29, 0.717) is 34.1 Å². The Morgan fingerprint density at radius 3 is 2.47 bits per heavy atom. The first kappa shape index (κ1) is 26.7. The monoisotopic (exact) mass is 483 g/mol. The molecule has 0 saturated carbocycles. The molecule has 0 saturated heterocycles. The third kappa shape index (κ3) is 6.27. The summed E-state index contributed by atoms with van der Waals surface area (Å²) in [6.45, 7) is 5.65. The van der Waals surface area contributed by atoms with Crippen LogP contribution in [-0.4, -0.2) is 47.5 Å². The van der Waals surface area contributed by atoms with Crippen LogP contribution in [0.2, 0.25) is 0 Å². The number of halogens is 1. The Hall–Kier alpha value is -3.55. The van der Waals surface area contributed by atoms with Crippen LogP contribution in [0.1, 0.15) is 23.0 Å². The molecule has 0 radical (unpaired) electrons. The predicted octanol–water partition coefficient (Wildman–Crippen LogP) is 4.72. The van der Waals surface area contributed by atoms with E-state index in [9.17, 15) is 9.90 Å². The molecule has 180 valence electrons. The van der Waals surface area contributed by atoms with Crippen molar-refractivity contribution in [2.45, 2.75) is 13.5 Å². The van der Waals surface area contributed by atoms with Gasteiger partial charge in [0.1, 0.15) is 11.4 Å². The zero-order valence-electron chi connectivity index (χ0n) is 19.8. The van der Waals surface area contributed by atoms with Gasteiger partial charge < -0.3 is 24.3 Å². The zero-order chi connectivity index (χ0) is 25.1. The third-order valence-electron chi connectivity index (χ3n) is 5.08. The van der Waals surface area contributed by atoms with Crippen molar-refractivity contribution >= 4 is 23.2 Å². The Morgan fingerprint density at radius 1 is 1.18 bits per heavy atom. The lowest BCUT2D eigenvalue weighted by atomic mass is 10.1. The number of benzene rings is 1. The van der Waals surface area contributed by atoms with Crippen molar-refractivity contribution < 1.29 is 19.4 Å². The average molecular weight is 484 g/mol. The number of methoxy groups -OCH3 is 2. The van der Waals surface area contributed by atoms with Gasteiger partial charge in [0.25, 0.3) is 5.91 Å². The second-order valence-corrected chi connectivity index (χ2v) is 7.01. The summed E-state index contributed by atoms with van der Waals surface area (Å²) in [5.74, 6) is 0.914. The summed E-state index contributed by atoms with van der Waals surface area (Å²) in [5, 5.41) is 12.9. The molecule has 0 fully saturated rings. The van der Waals surface area contributed by atoms with E-state index >= 15 is 0 Å². The molecule has 1 amide bonds. The second-order valence-electron chi connectivity index (χ2n) is 7.01. The van der Waals surface area contributed by atoms with Crippen molar-refractivity contribution in [1.29, 1.82) is 0 Å². The summed E-state index contributed by atoms with van der Waals surface area (Å²) in [6.07, 6.45) is 6.57. The van der Waals surface area contributed by atoms with Crippen molar-refractivity contribution in [1.82, 2.24) is 14.7 Å². The highest BCUT2D eigenvalue weighted by atomic mass is 35.5. The fraction of sp³-hybridized carbons (Fsp3) is 0.231. The maximum atomic E-state index is 12.8. The quantitative estimate of drug-likeness (QED) is 0.261. The number of ether oxygens (including phenoxy) is 2. The number of amides is 1. The van der Waals surface area contributed by atoms with Crippen LogP contribution in [0.15, 0.2) is 84.5 Å². The van der Waals surface area contributed by atoms with E-state index < -0.39 is 0 Å². The molecule has 2 heterocycles. The number of rotatable bonds is 9. The molecule has 2 aromatic heterocycles. The molecule has 0 spiro atoms. The number of nitrogens with one attached hydrogen (secondary N) is 1. The van der Waals surface area contributed by atoms with E-state index in [2.05, 4.69) is 28.5 Å². The Bertz CT molecular complexity index is 1180. The summed E-state index contributed by atoms with van der Waals surface area (Å²) in [4.78, 5) is 17.4. The molecule has 0 aliphatic heterocycles. The normalized spacial score (nSPS) is 11.8. The van der Waals surface area contributed by atoms with Crippen LogP contribution < -0.4 is 5.32 Å². The van der Waals surface area contributed by atoms with E-state index in [0.717, 1.165) is 11.1 Å². The molecule has 0 aliphatic rings.